The minimum atomic E-state index is -4.43. The molecule has 0 unspecified atom stereocenters. The van der Waals surface area contributed by atoms with Gasteiger partial charge >= 0.3 is 6.18 Å². The van der Waals surface area contributed by atoms with E-state index in [1.54, 1.807) is 29.5 Å². The zero-order valence-corrected chi connectivity index (χ0v) is 16.8. The van der Waals surface area contributed by atoms with Crippen LogP contribution in [-0.4, -0.2) is 24.0 Å². The molecule has 8 heteroatoms. The van der Waals surface area contributed by atoms with Crippen molar-refractivity contribution in [2.45, 2.75) is 20.0 Å². The molecule has 1 amide bonds. The number of amides is 1. The summed E-state index contributed by atoms with van der Waals surface area (Å²) in [5.41, 5.74) is 1.57. The summed E-state index contributed by atoms with van der Waals surface area (Å²) in [4.78, 5) is 19.2. The van der Waals surface area contributed by atoms with Crippen LogP contribution in [0.2, 0.25) is 0 Å². The van der Waals surface area contributed by atoms with E-state index in [2.05, 4.69) is 29.0 Å². The first-order valence-corrected chi connectivity index (χ1v) is 9.99. The van der Waals surface area contributed by atoms with E-state index in [0.29, 0.717) is 5.69 Å². The van der Waals surface area contributed by atoms with Crippen LogP contribution < -0.4 is 10.2 Å². The van der Waals surface area contributed by atoms with Crippen LogP contribution >= 0.6 is 11.3 Å². The quantitative estimate of drug-likeness (QED) is 0.539. The summed E-state index contributed by atoms with van der Waals surface area (Å²) in [6.07, 6.45) is -4.43. The Hall–Kier alpha value is -2.87. The fourth-order valence-corrected chi connectivity index (χ4v) is 3.77. The average molecular weight is 419 g/mol. The number of alkyl halides is 3. The maximum Gasteiger partial charge on any atom is 0.416 e. The Morgan fingerprint density at radius 3 is 2.41 bits per heavy atom. The minimum absolute atomic E-state index is 0.154. The molecule has 4 nitrogen and oxygen atoms in total. The molecule has 0 saturated heterocycles. The number of benzene rings is 2. The van der Waals surface area contributed by atoms with Crippen molar-refractivity contribution >= 4 is 28.1 Å². The molecule has 0 fully saturated rings. The Bertz CT molecular complexity index is 979. The number of anilines is 2. The van der Waals surface area contributed by atoms with Gasteiger partial charge in [0.05, 0.1) is 11.3 Å². The lowest BCUT2D eigenvalue weighted by Gasteiger charge is -2.16. The number of nitrogens with zero attached hydrogens (tertiary/aromatic N) is 2. The number of carbonyl (C=O) groups excluding carboxylic acids is 1. The second-order valence-electron chi connectivity index (χ2n) is 6.30. The molecule has 0 aliphatic carbocycles. The Labute approximate surface area is 171 Å². The van der Waals surface area contributed by atoms with Gasteiger partial charge in [-0.15, -0.1) is 11.3 Å². The standard InChI is InChI=1S/C21H20F3N3OS/c1-3-27(4-2)20-26-18(13-29-20)15-6-5-7-17(12-15)25-19(28)14-8-10-16(11-9-14)21(22,23)24/h5-13H,3-4H2,1-2H3,(H,25,28). The third-order valence-corrected chi connectivity index (χ3v) is 5.32. The molecular weight excluding hydrogens is 399 g/mol. The van der Waals surface area contributed by atoms with E-state index in [1.165, 1.54) is 12.1 Å². The van der Waals surface area contributed by atoms with Crippen molar-refractivity contribution in [3.05, 3.63) is 65.0 Å². The molecule has 3 aromatic rings. The zero-order chi connectivity index (χ0) is 21.0. The van der Waals surface area contributed by atoms with Crippen LogP contribution in [0.25, 0.3) is 11.3 Å². The molecule has 0 bridgehead atoms. The Kier molecular flexibility index (Phi) is 6.22. The molecule has 1 heterocycles. The van der Waals surface area contributed by atoms with Crippen LogP contribution in [0.1, 0.15) is 29.8 Å². The third kappa shape index (κ3) is 4.95. The number of nitrogens with one attached hydrogen (secondary N) is 1. The predicted octanol–water partition coefficient (Wildman–Crippen LogP) is 5.93. The largest absolute Gasteiger partial charge is 0.416 e. The number of rotatable bonds is 6. The lowest BCUT2D eigenvalue weighted by atomic mass is 10.1. The highest BCUT2D eigenvalue weighted by molar-refractivity contribution is 7.14. The number of hydrogen-bond donors (Lipinski definition) is 1. The van der Waals surface area contributed by atoms with E-state index >= 15 is 0 Å². The summed E-state index contributed by atoms with van der Waals surface area (Å²) >= 11 is 1.56. The first-order chi connectivity index (χ1) is 13.8. The maximum atomic E-state index is 12.7. The van der Waals surface area contributed by atoms with E-state index < -0.39 is 17.6 Å². The normalized spacial score (nSPS) is 11.3. The SMILES string of the molecule is CCN(CC)c1nc(-c2cccc(NC(=O)c3ccc(C(F)(F)F)cc3)c2)cs1. The van der Waals surface area contributed by atoms with Gasteiger partial charge in [0.25, 0.3) is 5.91 Å². The molecule has 0 aliphatic heterocycles. The summed E-state index contributed by atoms with van der Waals surface area (Å²) in [5, 5.41) is 5.62. The number of thiazole rings is 1. The molecule has 152 valence electrons. The minimum Gasteiger partial charge on any atom is -0.349 e. The van der Waals surface area contributed by atoms with Crippen LogP contribution in [0, 0.1) is 0 Å². The van der Waals surface area contributed by atoms with Crippen LogP contribution in [0.15, 0.2) is 53.9 Å². The molecule has 1 N–H and O–H groups in total. The van der Waals surface area contributed by atoms with Crippen LogP contribution in [0.5, 0.6) is 0 Å². The molecule has 0 spiro atoms. The van der Waals surface area contributed by atoms with Gasteiger partial charge in [-0.2, -0.15) is 13.2 Å². The summed E-state index contributed by atoms with van der Waals surface area (Å²) in [6, 6.07) is 11.3. The maximum absolute atomic E-state index is 12.7. The highest BCUT2D eigenvalue weighted by Gasteiger charge is 2.30. The van der Waals surface area contributed by atoms with E-state index in [9.17, 15) is 18.0 Å². The Morgan fingerprint density at radius 1 is 1.10 bits per heavy atom. The number of halogens is 3. The van der Waals surface area contributed by atoms with E-state index in [0.717, 1.165) is 41.6 Å². The van der Waals surface area contributed by atoms with Gasteiger partial charge in [0.2, 0.25) is 0 Å². The van der Waals surface area contributed by atoms with Gasteiger partial charge in [-0.05, 0) is 50.2 Å². The van der Waals surface area contributed by atoms with Crippen molar-refractivity contribution in [2.75, 3.05) is 23.3 Å². The van der Waals surface area contributed by atoms with Crippen LogP contribution in [0.4, 0.5) is 24.0 Å². The van der Waals surface area contributed by atoms with Gasteiger partial charge in [0.1, 0.15) is 0 Å². The lowest BCUT2D eigenvalue weighted by Crippen LogP contribution is -2.21. The van der Waals surface area contributed by atoms with Crippen molar-refractivity contribution in [3.8, 4) is 11.3 Å². The van der Waals surface area contributed by atoms with Gasteiger partial charge in [-0.3, -0.25) is 4.79 Å². The number of carbonyl (C=O) groups is 1. The monoisotopic (exact) mass is 419 g/mol. The smallest absolute Gasteiger partial charge is 0.349 e. The van der Waals surface area contributed by atoms with Gasteiger partial charge in [-0.1, -0.05) is 12.1 Å². The molecule has 2 aromatic carbocycles. The van der Waals surface area contributed by atoms with Crippen molar-refractivity contribution in [3.63, 3.8) is 0 Å². The van der Waals surface area contributed by atoms with E-state index in [1.807, 2.05) is 11.4 Å². The lowest BCUT2D eigenvalue weighted by molar-refractivity contribution is -0.137. The van der Waals surface area contributed by atoms with Gasteiger partial charge in [0, 0.05) is 35.3 Å². The highest BCUT2D eigenvalue weighted by atomic mass is 32.1. The second kappa shape index (κ2) is 8.65. The summed E-state index contributed by atoms with van der Waals surface area (Å²) in [6.45, 7) is 5.88. The Morgan fingerprint density at radius 2 is 1.79 bits per heavy atom. The van der Waals surface area contributed by atoms with Crippen LogP contribution in [0.3, 0.4) is 0 Å². The van der Waals surface area contributed by atoms with E-state index in [4.69, 9.17) is 0 Å². The van der Waals surface area contributed by atoms with Crippen molar-refractivity contribution in [1.29, 1.82) is 0 Å². The van der Waals surface area contributed by atoms with E-state index in [-0.39, 0.29) is 5.56 Å². The molecule has 1 aromatic heterocycles. The second-order valence-corrected chi connectivity index (χ2v) is 7.13. The van der Waals surface area contributed by atoms with Crippen molar-refractivity contribution < 1.29 is 18.0 Å². The number of hydrogen-bond acceptors (Lipinski definition) is 4. The fraction of sp³-hybridized carbons (Fsp3) is 0.238. The van der Waals surface area contributed by atoms with Gasteiger partial charge in [0.15, 0.2) is 5.13 Å². The van der Waals surface area contributed by atoms with Crippen LogP contribution in [-0.2, 0) is 6.18 Å². The molecule has 0 aliphatic rings. The van der Waals surface area contributed by atoms with Crippen molar-refractivity contribution in [1.82, 2.24) is 4.98 Å². The first kappa shape index (κ1) is 20.9. The van der Waals surface area contributed by atoms with Gasteiger partial charge in [-0.25, -0.2) is 4.98 Å². The topological polar surface area (TPSA) is 45.2 Å². The van der Waals surface area contributed by atoms with Crippen molar-refractivity contribution in [2.24, 2.45) is 0 Å². The molecule has 29 heavy (non-hydrogen) atoms. The molecule has 0 radical (unpaired) electrons. The average Bonchev–Trinajstić information content (AvgIpc) is 3.18. The first-order valence-electron chi connectivity index (χ1n) is 9.11. The number of aromatic nitrogens is 1. The van der Waals surface area contributed by atoms with Gasteiger partial charge < -0.3 is 10.2 Å². The molecule has 0 saturated carbocycles. The predicted molar refractivity (Wildman–Crippen MR) is 111 cm³/mol. The molecular formula is C21H20F3N3OS. The summed E-state index contributed by atoms with van der Waals surface area (Å²) < 4.78 is 38.0. The summed E-state index contributed by atoms with van der Waals surface area (Å²) in [7, 11) is 0. The summed E-state index contributed by atoms with van der Waals surface area (Å²) in [5.74, 6) is -0.474. The fourth-order valence-electron chi connectivity index (χ4n) is 2.81. The molecule has 3 rings (SSSR count). The third-order valence-electron chi connectivity index (χ3n) is 4.42. The zero-order valence-electron chi connectivity index (χ0n) is 16.0. The highest BCUT2D eigenvalue weighted by Crippen LogP contribution is 2.30. The Balaban J connectivity index is 1.75. The molecule has 0 atom stereocenters.